The Bertz CT molecular complexity index is 528. The van der Waals surface area contributed by atoms with E-state index in [9.17, 15) is 9.59 Å². The summed E-state index contributed by atoms with van der Waals surface area (Å²) in [4.78, 5) is 28.5. The lowest BCUT2D eigenvalue weighted by molar-refractivity contribution is -0.139. The number of carbonyl (C=O) groups is 1. The van der Waals surface area contributed by atoms with Crippen molar-refractivity contribution in [2.45, 2.75) is 23.4 Å². The van der Waals surface area contributed by atoms with Crippen LogP contribution in [0, 0.1) is 0 Å². The maximum Gasteiger partial charge on any atom is 0.316 e. The maximum atomic E-state index is 12.0. The Balaban J connectivity index is 2.17. The second-order valence-corrected chi connectivity index (χ2v) is 5.77. The van der Waals surface area contributed by atoms with Crippen LogP contribution < -0.4 is 5.56 Å². The molecule has 1 aromatic rings. The zero-order chi connectivity index (χ0) is 13.1. The molecule has 0 amide bonds. The van der Waals surface area contributed by atoms with Gasteiger partial charge in [0.05, 0.1) is 22.9 Å². The number of ether oxygens (including phenoxy) is 1. The van der Waals surface area contributed by atoms with E-state index in [1.54, 1.807) is 25.7 Å². The van der Waals surface area contributed by atoms with Gasteiger partial charge in [0.25, 0.3) is 5.56 Å². The molecule has 0 radical (unpaired) electrons. The van der Waals surface area contributed by atoms with Crippen LogP contribution in [-0.4, -0.2) is 33.6 Å². The monoisotopic (exact) mass is 286 g/mol. The molecule has 0 fully saturated rings. The van der Waals surface area contributed by atoms with Crippen molar-refractivity contribution >= 4 is 29.5 Å². The number of thioether (sulfide) groups is 2. The van der Waals surface area contributed by atoms with Gasteiger partial charge < -0.3 is 4.74 Å². The van der Waals surface area contributed by atoms with Gasteiger partial charge in [-0.1, -0.05) is 11.8 Å². The molecule has 7 heteroatoms. The van der Waals surface area contributed by atoms with E-state index in [1.807, 2.05) is 0 Å². The Labute approximate surface area is 113 Å². The van der Waals surface area contributed by atoms with E-state index in [2.05, 4.69) is 4.98 Å². The van der Waals surface area contributed by atoms with Gasteiger partial charge in [0, 0.05) is 19.2 Å². The second kappa shape index (κ2) is 5.79. The van der Waals surface area contributed by atoms with Crippen molar-refractivity contribution in [3.8, 4) is 0 Å². The summed E-state index contributed by atoms with van der Waals surface area (Å²) in [6.45, 7) is 2.13. The summed E-state index contributed by atoms with van der Waals surface area (Å²) in [6, 6.07) is 0. The van der Waals surface area contributed by atoms with Crippen LogP contribution in [-0.2, 0) is 23.0 Å². The molecule has 98 valence electrons. The fourth-order valence-electron chi connectivity index (χ4n) is 1.62. The lowest BCUT2D eigenvalue weighted by Crippen LogP contribution is -2.22. The third-order valence-corrected chi connectivity index (χ3v) is 4.60. The molecule has 0 bridgehead atoms. The first kappa shape index (κ1) is 13.5. The summed E-state index contributed by atoms with van der Waals surface area (Å²) < 4.78 is 6.35. The number of aryl methyl sites for hydroxylation is 1. The molecular weight excluding hydrogens is 272 g/mol. The van der Waals surface area contributed by atoms with Crippen LogP contribution in [0.1, 0.15) is 12.6 Å². The van der Waals surface area contributed by atoms with Crippen LogP contribution in [0.5, 0.6) is 0 Å². The van der Waals surface area contributed by atoms with Gasteiger partial charge in [-0.15, -0.1) is 11.8 Å². The van der Waals surface area contributed by atoms with Crippen molar-refractivity contribution in [2.75, 3.05) is 18.1 Å². The van der Waals surface area contributed by atoms with Gasteiger partial charge in [-0.05, 0) is 6.92 Å². The number of fused-ring (bicyclic) bond motifs is 1. The largest absolute Gasteiger partial charge is 0.465 e. The van der Waals surface area contributed by atoms with Crippen molar-refractivity contribution in [3.05, 3.63) is 16.0 Å². The van der Waals surface area contributed by atoms with Crippen molar-refractivity contribution in [1.29, 1.82) is 0 Å². The number of nitrogens with zero attached hydrogens (tertiary/aromatic N) is 2. The molecule has 0 saturated carbocycles. The fourth-order valence-corrected chi connectivity index (χ4v) is 3.48. The van der Waals surface area contributed by atoms with Gasteiger partial charge in [0.2, 0.25) is 0 Å². The zero-order valence-electron chi connectivity index (χ0n) is 10.3. The first-order valence-corrected chi connectivity index (χ1v) is 7.61. The molecule has 1 aliphatic rings. The highest BCUT2D eigenvalue weighted by Gasteiger charge is 2.20. The quantitative estimate of drug-likeness (QED) is 0.469. The third-order valence-electron chi connectivity index (χ3n) is 2.49. The summed E-state index contributed by atoms with van der Waals surface area (Å²) in [5, 5.41) is 0.578. The minimum absolute atomic E-state index is 0.0196. The average Bonchev–Trinajstić information content (AvgIpc) is 2.80. The SMILES string of the molecule is CCOC(=O)CSc1nc2c(c(=O)n1C)SCC2. The minimum Gasteiger partial charge on any atom is -0.465 e. The van der Waals surface area contributed by atoms with Gasteiger partial charge in [-0.25, -0.2) is 4.98 Å². The number of carbonyl (C=O) groups excluding carboxylic acids is 1. The molecule has 2 heterocycles. The molecule has 0 spiro atoms. The summed E-state index contributed by atoms with van der Waals surface area (Å²) in [7, 11) is 1.68. The number of rotatable bonds is 4. The van der Waals surface area contributed by atoms with Gasteiger partial charge in [0.1, 0.15) is 0 Å². The maximum absolute atomic E-state index is 12.0. The molecule has 0 aliphatic carbocycles. The average molecular weight is 286 g/mol. The molecule has 0 aromatic carbocycles. The minimum atomic E-state index is -0.286. The van der Waals surface area contributed by atoms with Crippen LogP contribution in [0.25, 0.3) is 0 Å². The highest BCUT2D eigenvalue weighted by atomic mass is 32.2. The Hall–Kier alpha value is -0.950. The number of aromatic nitrogens is 2. The van der Waals surface area contributed by atoms with Gasteiger partial charge in [0.15, 0.2) is 5.16 Å². The standard InChI is InChI=1S/C11H14N2O3S2/c1-3-16-8(14)6-18-11-12-7-4-5-17-9(7)10(15)13(11)2/h3-6H2,1-2H3. The van der Waals surface area contributed by atoms with E-state index in [0.717, 1.165) is 22.8 Å². The van der Waals surface area contributed by atoms with Crippen molar-refractivity contribution < 1.29 is 9.53 Å². The van der Waals surface area contributed by atoms with Crippen molar-refractivity contribution in [1.82, 2.24) is 9.55 Å². The lowest BCUT2D eigenvalue weighted by atomic mass is 10.3. The smallest absolute Gasteiger partial charge is 0.316 e. The number of hydrogen-bond acceptors (Lipinski definition) is 6. The van der Waals surface area contributed by atoms with E-state index in [4.69, 9.17) is 4.74 Å². The molecular formula is C11H14N2O3S2. The second-order valence-electron chi connectivity index (χ2n) is 3.73. The van der Waals surface area contributed by atoms with E-state index >= 15 is 0 Å². The number of hydrogen-bond donors (Lipinski definition) is 0. The highest BCUT2D eigenvalue weighted by molar-refractivity contribution is 8.00. The molecule has 0 N–H and O–H groups in total. The summed E-state index contributed by atoms with van der Waals surface area (Å²) >= 11 is 2.80. The van der Waals surface area contributed by atoms with E-state index in [-0.39, 0.29) is 17.3 Å². The van der Waals surface area contributed by atoms with E-state index < -0.39 is 0 Å². The van der Waals surface area contributed by atoms with Crippen LogP contribution in [0.2, 0.25) is 0 Å². The Kier molecular flexibility index (Phi) is 4.34. The predicted octanol–water partition coefficient (Wildman–Crippen LogP) is 1.08. The number of esters is 1. The van der Waals surface area contributed by atoms with E-state index in [1.165, 1.54) is 16.3 Å². The first-order chi connectivity index (χ1) is 8.63. The highest BCUT2D eigenvalue weighted by Crippen LogP contribution is 2.28. The van der Waals surface area contributed by atoms with Crippen molar-refractivity contribution in [2.24, 2.45) is 7.05 Å². The van der Waals surface area contributed by atoms with Gasteiger partial charge >= 0.3 is 5.97 Å². The molecule has 0 saturated heterocycles. The molecule has 0 atom stereocenters. The van der Waals surface area contributed by atoms with Crippen LogP contribution >= 0.6 is 23.5 Å². The van der Waals surface area contributed by atoms with Gasteiger partial charge in [-0.3, -0.25) is 14.2 Å². The third kappa shape index (κ3) is 2.72. The lowest BCUT2D eigenvalue weighted by Gasteiger charge is -2.08. The topological polar surface area (TPSA) is 61.2 Å². The van der Waals surface area contributed by atoms with Gasteiger partial charge in [-0.2, -0.15) is 0 Å². The molecule has 2 rings (SSSR count). The Morgan fingerprint density at radius 1 is 1.61 bits per heavy atom. The summed E-state index contributed by atoms with van der Waals surface area (Å²) in [5.41, 5.74) is 0.836. The van der Waals surface area contributed by atoms with Crippen LogP contribution in [0.15, 0.2) is 14.8 Å². The molecule has 0 unspecified atom stereocenters. The van der Waals surface area contributed by atoms with Crippen molar-refractivity contribution in [3.63, 3.8) is 0 Å². The fraction of sp³-hybridized carbons (Fsp3) is 0.545. The molecule has 1 aliphatic heterocycles. The summed E-state index contributed by atoms with van der Waals surface area (Å²) in [5.74, 6) is 0.801. The first-order valence-electron chi connectivity index (χ1n) is 5.64. The van der Waals surface area contributed by atoms with Crippen LogP contribution in [0.3, 0.4) is 0 Å². The Morgan fingerprint density at radius 3 is 3.11 bits per heavy atom. The zero-order valence-corrected chi connectivity index (χ0v) is 11.9. The normalized spacial score (nSPS) is 13.4. The molecule has 1 aromatic heterocycles. The summed E-state index contributed by atoms with van der Waals surface area (Å²) in [6.07, 6.45) is 0.822. The molecule has 18 heavy (non-hydrogen) atoms. The van der Waals surface area contributed by atoms with E-state index in [0.29, 0.717) is 11.8 Å². The molecule has 5 nitrogen and oxygen atoms in total. The Morgan fingerprint density at radius 2 is 2.39 bits per heavy atom. The predicted molar refractivity (Wildman–Crippen MR) is 71.3 cm³/mol. The van der Waals surface area contributed by atoms with Crippen LogP contribution in [0.4, 0.5) is 0 Å².